The second kappa shape index (κ2) is 6.17. The molecule has 0 aliphatic rings. The number of nitrogens with one attached hydrogen (secondary N) is 1. The second-order valence-electron chi connectivity index (χ2n) is 4.73. The smallest absolute Gasteiger partial charge is 0.189 e. The molecule has 4 heteroatoms. The average molecular weight is 275 g/mol. The van der Waals surface area contributed by atoms with E-state index in [-0.39, 0.29) is 0 Å². The highest BCUT2D eigenvalue weighted by Gasteiger charge is 2.12. The van der Waals surface area contributed by atoms with Gasteiger partial charge in [0.1, 0.15) is 0 Å². The van der Waals surface area contributed by atoms with Crippen LogP contribution >= 0.6 is 11.3 Å². The normalized spacial score (nSPS) is 12.4. The third-order valence-corrected chi connectivity index (χ3v) is 4.11. The van der Waals surface area contributed by atoms with Gasteiger partial charge >= 0.3 is 0 Å². The van der Waals surface area contributed by atoms with E-state index in [1.165, 1.54) is 11.3 Å². The molecule has 1 heterocycles. The first-order valence-electron chi connectivity index (χ1n) is 6.61. The maximum absolute atomic E-state index is 4.71. The topological polar surface area (TPSA) is 28.2 Å². The van der Waals surface area contributed by atoms with Crippen molar-refractivity contribution >= 4 is 22.2 Å². The van der Waals surface area contributed by atoms with Gasteiger partial charge in [0.05, 0.1) is 5.69 Å². The van der Waals surface area contributed by atoms with Gasteiger partial charge in [0, 0.05) is 24.2 Å². The molecule has 2 aromatic rings. The van der Waals surface area contributed by atoms with E-state index in [2.05, 4.69) is 67.7 Å². The fourth-order valence-corrected chi connectivity index (χ4v) is 2.82. The molecule has 0 radical (unpaired) electrons. The molecule has 1 unspecified atom stereocenters. The number of aryl methyl sites for hydroxylation is 1. The summed E-state index contributed by atoms with van der Waals surface area (Å²) in [6, 6.07) is 8.82. The van der Waals surface area contributed by atoms with Gasteiger partial charge in [-0.25, -0.2) is 4.98 Å². The Morgan fingerprint density at radius 1 is 1.32 bits per heavy atom. The van der Waals surface area contributed by atoms with Crippen molar-refractivity contribution in [2.24, 2.45) is 0 Å². The van der Waals surface area contributed by atoms with Gasteiger partial charge in [-0.05, 0) is 32.5 Å². The van der Waals surface area contributed by atoms with E-state index in [4.69, 9.17) is 4.98 Å². The van der Waals surface area contributed by atoms with E-state index < -0.39 is 0 Å². The van der Waals surface area contributed by atoms with Crippen molar-refractivity contribution in [2.75, 3.05) is 18.5 Å². The Balaban J connectivity index is 2.15. The number of thiazole rings is 1. The molecule has 3 nitrogen and oxygen atoms in total. The van der Waals surface area contributed by atoms with Crippen molar-refractivity contribution in [2.45, 2.75) is 26.8 Å². The van der Waals surface area contributed by atoms with Crippen LogP contribution in [0.2, 0.25) is 0 Å². The van der Waals surface area contributed by atoms with Crippen LogP contribution in [0.25, 0.3) is 0 Å². The molecule has 0 fully saturated rings. The molecule has 0 bridgehead atoms. The lowest BCUT2D eigenvalue weighted by molar-refractivity contribution is 0.586. The van der Waals surface area contributed by atoms with Crippen LogP contribution in [0.3, 0.4) is 0 Å². The van der Waals surface area contributed by atoms with E-state index in [1.807, 2.05) is 0 Å². The molecule has 0 amide bonds. The summed E-state index contributed by atoms with van der Waals surface area (Å²) in [4.78, 5) is 6.84. The highest BCUT2D eigenvalue weighted by atomic mass is 32.1. The summed E-state index contributed by atoms with van der Waals surface area (Å²) in [7, 11) is 2.06. The molecule has 1 atom stereocenters. The molecule has 0 saturated carbocycles. The number of nitrogens with zero attached hydrogens (tertiary/aromatic N) is 2. The van der Waals surface area contributed by atoms with Crippen molar-refractivity contribution in [3.63, 3.8) is 0 Å². The first-order chi connectivity index (χ1) is 9.11. The van der Waals surface area contributed by atoms with Gasteiger partial charge in [-0.3, -0.25) is 0 Å². The Kier molecular flexibility index (Phi) is 4.56. The molecule has 1 N–H and O–H groups in total. The van der Waals surface area contributed by atoms with Crippen LogP contribution in [0.15, 0.2) is 29.6 Å². The van der Waals surface area contributed by atoms with Crippen LogP contribution in [-0.4, -0.2) is 18.6 Å². The van der Waals surface area contributed by atoms with Crippen molar-refractivity contribution in [1.29, 1.82) is 0 Å². The number of anilines is 2. The molecule has 2 rings (SSSR count). The summed E-state index contributed by atoms with van der Waals surface area (Å²) in [5.41, 5.74) is 3.56. The van der Waals surface area contributed by atoms with Gasteiger partial charge in [-0.15, -0.1) is 11.3 Å². The van der Waals surface area contributed by atoms with Crippen molar-refractivity contribution in [3.8, 4) is 0 Å². The Hall–Kier alpha value is -1.39. The lowest BCUT2D eigenvalue weighted by Crippen LogP contribution is -2.18. The fourth-order valence-electron chi connectivity index (χ4n) is 1.92. The van der Waals surface area contributed by atoms with Crippen LogP contribution in [0.5, 0.6) is 0 Å². The maximum atomic E-state index is 4.71. The Morgan fingerprint density at radius 3 is 2.63 bits per heavy atom. The van der Waals surface area contributed by atoms with Crippen LogP contribution in [0, 0.1) is 6.92 Å². The Morgan fingerprint density at radius 2 is 2.00 bits per heavy atom. The van der Waals surface area contributed by atoms with Crippen LogP contribution in [-0.2, 0) is 0 Å². The van der Waals surface area contributed by atoms with E-state index in [1.54, 1.807) is 11.3 Å². The zero-order valence-corrected chi connectivity index (χ0v) is 12.8. The summed E-state index contributed by atoms with van der Waals surface area (Å²) in [6.45, 7) is 7.32. The molecule has 0 aliphatic carbocycles. The predicted molar refractivity (Wildman–Crippen MR) is 83.4 cm³/mol. The van der Waals surface area contributed by atoms with Gasteiger partial charge in [-0.2, -0.15) is 0 Å². The van der Waals surface area contributed by atoms with Crippen LogP contribution in [0.1, 0.15) is 31.1 Å². The number of hydrogen-bond donors (Lipinski definition) is 1. The quantitative estimate of drug-likeness (QED) is 0.897. The van der Waals surface area contributed by atoms with E-state index in [9.17, 15) is 0 Å². The molecule has 102 valence electrons. The summed E-state index contributed by atoms with van der Waals surface area (Å²) in [5.74, 6) is 0. The van der Waals surface area contributed by atoms with Crippen LogP contribution < -0.4 is 10.2 Å². The molecular weight excluding hydrogens is 254 g/mol. The van der Waals surface area contributed by atoms with E-state index in [0.29, 0.717) is 6.04 Å². The maximum Gasteiger partial charge on any atom is 0.189 e. The highest BCUT2D eigenvalue weighted by Crippen LogP contribution is 2.28. The van der Waals surface area contributed by atoms with Gasteiger partial charge < -0.3 is 10.2 Å². The first-order valence-corrected chi connectivity index (χ1v) is 7.49. The summed E-state index contributed by atoms with van der Waals surface area (Å²) in [6.07, 6.45) is 0. The van der Waals surface area contributed by atoms with Gasteiger partial charge in [-0.1, -0.05) is 24.6 Å². The van der Waals surface area contributed by atoms with Gasteiger partial charge in [0.15, 0.2) is 5.13 Å². The summed E-state index contributed by atoms with van der Waals surface area (Å²) in [5, 5.41) is 6.55. The fraction of sp³-hybridized carbons (Fsp3) is 0.400. The standard InChI is InChI=1S/C15H21N3S/c1-5-16-12(3)14-10-19-15(17-14)18(4)13-8-6-11(2)7-9-13/h6-10,12,16H,5H2,1-4H3. The minimum Gasteiger partial charge on any atom is -0.321 e. The minimum atomic E-state index is 0.307. The van der Waals surface area contributed by atoms with E-state index >= 15 is 0 Å². The van der Waals surface area contributed by atoms with E-state index in [0.717, 1.165) is 17.4 Å². The zero-order chi connectivity index (χ0) is 13.8. The number of rotatable bonds is 5. The molecule has 0 aliphatic heterocycles. The third kappa shape index (κ3) is 3.33. The SMILES string of the molecule is CCNC(C)c1csc(N(C)c2ccc(C)cc2)n1. The second-order valence-corrected chi connectivity index (χ2v) is 5.57. The summed E-state index contributed by atoms with van der Waals surface area (Å²) >= 11 is 1.69. The number of hydrogen-bond acceptors (Lipinski definition) is 4. The average Bonchev–Trinajstić information content (AvgIpc) is 2.89. The lowest BCUT2D eigenvalue weighted by Gasteiger charge is -2.16. The number of aromatic nitrogens is 1. The minimum absolute atomic E-state index is 0.307. The largest absolute Gasteiger partial charge is 0.321 e. The summed E-state index contributed by atoms with van der Waals surface area (Å²) < 4.78 is 0. The Bertz CT molecular complexity index is 518. The van der Waals surface area contributed by atoms with Crippen LogP contribution in [0.4, 0.5) is 10.8 Å². The molecule has 1 aromatic heterocycles. The zero-order valence-electron chi connectivity index (χ0n) is 12.0. The molecular formula is C15H21N3S. The molecule has 0 saturated heterocycles. The van der Waals surface area contributed by atoms with Crippen molar-refractivity contribution < 1.29 is 0 Å². The van der Waals surface area contributed by atoms with Gasteiger partial charge in [0.2, 0.25) is 0 Å². The lowest BCUT2D eigenvalue weighted by atomic mass is 10.2. The highest BCUT2D eigenvalue weighted by molar-refractivity contribution is 7.13. The first kappa shape index (κ1) is 14.0. The third-order valence-electron chi connectivity index (χ3n) is 3.17. The number of benzene rings is 1. The van der Waals surface area contributed by atoms with Crippen molar-refractivity contribution in [1.82, 2.24) is 10.3 Å². The molecule has 0 spiro atoms. The van der Waals surface area contributed by atoms with Crippen molar-refractivity contribution in [3.05, 3.63) is 40.9 Å². The van der Waals surface area contributed by atoms with Gasteiger partial charge in [0.25, 0.3) is 0 Å². The molecule has 1 aromatic carbocycles. The monoisotopic (exact) mass is 275 g/mol. The molecule has 19 heavy (non-hydrogen) atoms. The predicted octanol–water partition coefficient (Wildman–Crippen LogP) is 3.89. The Labute approximate surface area is 119 Å².